The van der Waals surface area contributed by atoms with Gasteiger partial charge in [-0.3, -0.25) is 4.79 Å². The van der Waals surface area contributed by atoms with Gasteiger partial charge < -0.3 is 5.73 Å². The number of rotatable bonds is 2. The highest BCUT2D eigenvalue weighted by Crippen LogP contribution is 2.16. The number of benzene rings is 1. The Hall–Kier alpha value is -2.01. The first-order valence-electron chi connectivity index (χ1n) is 4.75. The molecule has 0 amide bonds. The lowest BCUT2D eigenvalue weighted by Gasteiger charge is -2.01. The molecule has 0 saturated heterocycles. The van der Waals surface area contributed by atoms with Crippen LogP contribution in [-0.4, -0.2) is 10.2 Å². The molecule has 0 radical (unpaired) electrons. The second kappa shape index (κ2) is 4.24. The van der Waals surface area contributed by atoms with Crippen LogP contribution in [0.5, 0.6) is 0 Å². The maximum absolute atomic E-state index is 12.7. The molecule has 0 aliphatic heterocycles. The van der Waals surface area contributed by atoms with Crippen molar-refractivity contribution < 1.29 is 4.39 Å². The molecule has 5 heteroatoms. The van der Waals surface area contributed by atoms with E-state index in [1.54, 1.807) is 18.2 Å². The van der Waals surface area contributed by atoms with E-state index in [-0.39, 0.29) is 17.9 Å². The topological polar surface area (TPSA) is 71.8 Å². The molecule has 0 unspecified atom stereocenters. The van der Waals surface area contributed by atoms with Crippen molar-refractivity contribution in [2.45, 2.75) is 6.54 Å². The molecule has 0 atom stereocenters. The summed E-state index contributed by atoms with van der Waals surface area (Å²) in [6.45, 7) is 0.145. The van der Waals surface area contributed by atoms with Crippen molar-refractivity contribution in [2.75, 3.05) is 0 Å². The Kier molecular flexibility index (Phi) is 2.78. The number of aromatic nitrogens is 2. The number of halogens is 1. The lowest BCUT2D eigenvalue weighted by Crippen LogP contribution is -2.17. The summed E-state index contributed by atoms with van der Waals surface area (Å²) in [5.74, 6) is -0.313. The van der Waals surface area contributed by atoms with E-state index in [4.69, 9.17) is 5.73 Å². The molecule has 16 heavy (non-hydrogen) atoms. The van der Waals surface area contributed by atoms with E-state index in [0.29, 0.717) is 11.3 Å². The smallest absolute Gasteiger partial charge is 0.268 e. The Morgan fingerprint density at radius 2 is 2.00 bits per heavy atom. The van der Waals surface area contributed by atoms with Crippen LogP contribution in [0.1, 0.15) is 5.56 Å². The van der Waals surface area contributed by atoms with E-state index < -0.39 is 0 Å². The number of H-pyrrole nitrogens is 1. The predicted molar refractivity (Wildman–Crippen MR) is 58.1 cm³/mol. The average molecular weight is 219 g/mol. The van der Waals surface area contributed by atoms with E-state index in [1.807, 2.05) is 0 Å². The van der Waals surface area contributed by atoms with Crippen molar-refractivity contribution in [3.63, 3.8) is 0 Å². The minimum absolute atomic E-state index is 0.145. The summed E-state index contributed by atoms with van der Waals surface area (Å²) in [6, 6.07) is 7.47. The minimum atomic E-state index is -0.313. The van der Waals surface area contributed by atoms with Gasteiger partial charge in [-0.2, -0.15) is 5.10 Å². The monoisotopic (exact) mass is 219 g/mol. The molecule has 2 rings (SSSR count). The standard InChI is InChI=1S/C11H10FN3O/c12-9-3-1-7(2-4-9)10-5-8(6-13)11(16)15-14-10/h1-5H,6,13H2,(H,15,16). The van der Waals surface area contributed by atoms with Gasteiger partial charge in [-0.05, 0) is 30.3 Å². The Morgan fingerprint density at radius 3 is 2.62 bits per heavy atom. The molecule has 1 heterocycles. The van der Waals surface area contributed by atoms with Gasteiger partial charge >= 0.3 is 0 Å². The molecule has 2 aromatic rings. The fourth-order valence-electron chi connectivity index (χ4n) is 1.37. The average Bonchev–Trinajstić information content (AvgIpc) is 2.31. The highest BCUT2D eigenvalue weighted by Gasteiger charge is 2.03. The summed E-state index contributed by atoms with van der Waals surface area (Å²) in [5.41, 5.74) is 6.87. The molecule has 3 N–H and O–H groups in total. The van der Waals surface area contributed by atoms with E-state index in [2.05, 4.69) is 10.2 Å². The Bertz CT molecular complexity index is 548. The van der Waals surface area contributed by atoms with Crippen LogP contribution in [-0.2, 0) is 6.54 Å². The first kappa shape index (κ1) is 10.5. The van der Waals surface area contributed by atoms with E-state index in [0.717, 1.165) is 5.56 Å². The Labute approximate surface area is 90.9 Å². The Morgan fingerprint density at radius 1 is 1.31 bits per heavy atom. The third-order valence-corrected chi connectivity index (χ3v) is 2.24. The molecule has 0 aliphatic carbocycles. The predicted octanol–water partition coefficient (Wildman–Crippen LogP) is 1.03. The summed E-state index contributed by atoms with van der Waals surface area (Å²) in [7, 11) is 0. The molecule has 1 aromatic carbocycles. The summed E-state index contributed by atoms with van der Waals surface area (Å²) in [4.78, 5) is 11.2. The second-order valence-corrected chi connectivity index (χ2v) is 3.32. The number of nitrogens with two attached hydrogens (primary N) is 1. The van der Waals surface area contributed by atoms with Crippen LogP contribution in [0.15, 0.2) is 35.1 Å². The maximum Gasteiger partial charge on any atom is 0.268 e. The zero-order valence-electron chi connectivity index (χ0n) is 8.40. The maximum atomic E-state index is 12.7. The fourth-order valence-corrected chi connectivity index (χ4v) is 1.37. The van der Waals surface area contributed by atoms with Crippen molar-refractivity contribution in [2.24, 2.45) is 5.73 Å². The number of nitrogens with one attached hydrogen (secondary N) is 1. The molecule has 0 fully saturated rings. The van der Waals surface area contributed by atoms with Crippen molar-refractivity contribution in [1.82, 2.24) is 10.2 Å². The zero-order chi connectivity index (χ0) is 11.5. The van der Waals surface area contributed by atoms with Crippen LogP contribution in [0.3, 0.4) is 0 Å². The van der Waals surface area contributed by atoms with Crippen molar-refractivity contribution in [1.29, 1.82) is 0 Å². The van der Waals surface area contributed by atoms with Gasteiger partial charge in [0.05, 0.1) is 5.69 Å². The van der Waals surface area contributed by atoms with Gasteiger partial charge in [-0.15, -0.1) is 0 Å². The van der Waals surface area contributed by atoms with Crippen LogP contribution in [0.2, 0.25) is 0 Å². The molecule has 0 bridgehead atoms. The molecule has 1 aromatic heterocycles. The van der Waals surface area contributed by atoms with Gasteiger partial charge in [0, 0.05) is 17.7 Å². The van der Waals surface area contributed by atoms with E-state index in [1.165, 1.54) is 12.1 Å². The first-order chi connectivity index (χ1) is 7.70. The summed E-state index contributed by atoms with van der Waals surface area (Å²) in [5, 5.41) is 6.22. The van der Waals surface area contributed by atoms with E-state index >= 15 is 0 Å². The van der Waals surface area contributed by atoms with Crippen molar-refractivity contribution >= 4 is 0 Å². The lowest BCUT2D eigenvalue weighted by molar-refractivity contribution is 0.628. The molecule has 0 saturated carbocycles. The van der Waals surface area contributed by atoms with Crippen LogP contribution in [0, 0.1) is 5.82 Å². The minimum Gasteiger partial charge on any atom is -0.326 e. The molecule has 0 spiro atoms. The third kappa shape index (κ3) is 1.99. The summed E-state index contributed by atoms with van der Waals surface area (Å²) >= 11 is 0. The zero-order valence-corrected chi connectivity index (χ0v) is 8.40. The largest absolute Gasteiger partial charge is 0.326 e. The fraction of sp³-hybridized carbons (Fsp3) is 0.0909. The third-order valence-electron chi connectivity index (χ3n) is 2.24. The van der Waals surface area contributed by atoms with Gasteiger partial charge in [0.25, 0.3) is 5.56 Å². The van der Waals surface area contributed by atoms with Gasteiger partial charge in [0.15, 0.2) is 0 Å². The quantitative estimate of drug-likeness (QED) is 0.792. The van der Waals surface area contributed by atoms with Crippen molar-refractivity contribution in [3.8, 4) is 11.3 Å². The molecule has 82 valence electrons. The first-order valence-corrected chi connectivity index (χ1v) is 4.75. The van der Waals surface area contributed by atoms with Gasteiger partial charge in [0.2, 0.25) is 0 Å². The highest BCUT2D eigenvalue weighted by atomic mass is 19.1. The van der Waals surface area contributed by atoms with Crippen LogP contribution >= 0.6 is 0 Å². The van der Waals surface area contributed by atoms with Crippen LogP contribution < -0.4 is 11.3 Å². The number of hydrogen-bond acceptors (Lipinski definition) is 3. The van der Waals surface area contributed by atoms with Crippen LogP contribution in [0.25, 0.3) is 11.3 Å². The number of hydrogen-bond donors (Lipinski definition) is 2. The van der Waals surface area contributed by atoms with Gasteiger partial charge in [-0.25, -0.2) is 9.49 Å². The second-order valence-electron chi connectivity index (χ2n) is 3.32. The lowest BCUT2D eigenvalue weighted by atomic mass is 10.1. The Balaban J connectivity index is 2.48. The number of nitrogens with zero attached hydrogens (tertiary/aromatic N) is 1. The number of aromatic amines is 1. The van der Waals surface area contributed by atoms with Gasteiger partial charge in [-0.1, -0.05) is 0 Å². The summed E-state index contributed by atoms with van der Waals surface area (Å²) in [6.07, 6.45) is 0. The molecular formula is C11H10FN3O. The SMILES string of the molecule is NCc1cc(-c2ccc(F)cc2)n[nH]c1=O. The molecule has 0 aliphatic rings. The highest BCUT2D eigenvalue weighted by molar-refractivity contribution is 5.58. The molecular weight excluding hydrogens is 209 g/mol. The van der Waals surface area contributed by atoms with Crippen LogP contribution in [0.4, 0.5) is 4.39 Å². The normalized spacial score (nSPS) is 10.4. The summed E-state index contributed by atoms with van der Waals surface area (Å²) < 4.78 is 12.7. The van der Waals surface area contributed by atoms with Crippen molar-refractivity contribution in [3.05, 3.63) is 52.1 Å². The van der Waals surface area contributed by atoms with E-state index in [9.17, 15) is 9.18 Å². The van der Waals surface area contributed by atoms with Gasteiger partial charge in [0.1, 0.15) is 5.82 Å². The molecule has 4 nitrogen and oxygen atoms in total.